The van der Waals surface area contributed by atoms with E-state index in [1.54, 1.807) is 0 Å². The van der Waals surface area contributed by atoms with E-state index < -0.39 is 0 Å². The predicted molar refractivity (Wildman–Crippen MR) is 121 cm³/mol. The number of benzene rings is 2. The van der Waals surface area contributed by atoms with Crippen LogP contribution in [0, 0.1) is 5.92 Å². The van der Waals surface area contributed by atoms with Gasteiger partial charge in [-0.05, 0) is 56.1 Å². The fourth-order valence-corrected chi connectivity index (χ4v) is 6.03. The summed E-state index contributed by atoms with van der Waals surface area (Å²) in [6.07, 6.45) is 2.31. The Balaban J connectivity index is 1.49. The van der Waals surface area contributed by atoms with Gasteiger partial charge in [0, 0.05) is 10.0 Å². The largest absolute Gasteiger partial charge is 0.436 e. The minimum atomic E-state index is -0.0837. The third kappa shape index (κ3) is 3.27. The van der Waals surface area contributed by atoms with E-state index >= 15 is 0 Å². The van der Waals surface area contributed by atoms with Gasteiger partial charge in [0.25, 0.3) is 5.91 Å². The van der Waals surface area contributed by atoms with Crippen LogP contribution in [0.4, 0.5) is 0 Å². The summed E-state index contributed by atoms with van der Waals surface area (Å²) in [5, 5.41) is 3.29. The number of oxazole rings is 1. The van der Waals surface area contributed by atoms with Crippen LogP contribution in [0.25, 0.3) is 22.6 Å². The van der Waals surface area contributed by atoms with Gasteiger partial charge in [0.15, 0.2) is 5.58 Å². The number of carbonyl (C=O) groups excluding carboxylic acids is 1. The van der Waals surface area contributed by atoms with Gasteiger partial charge in [0.2, 0.25) is 5.89 Å². The Morgan fingerprint density at radius 2 is 1.96 bits per heavy atom. The van der Waals surface area contributed by atoms with E-state index in [-0.39, 0.29) is 11.9 Å². The summed E-state index contributed by atoms with van der Waals surface area (Å²) in [6, 6.07) is 13.6. The molecule has 2 unspecified atom stereocenters. The van der Waals surface area contributed by atoms with E-state index in [0.29, 0.717) is 32.5 Å². The maximum atomic E-state index is 13.2. The first-order chi connectivity index (χ1) is 13.6. The molecule has 28 heavy (non-hydrogen) atoms. The second kappa shape index (κ2) is 7.42. The monoisotopic (exact) mass is 551 g/mol. The molecular weight excluding hydrogens is 533 g/mol. The summed E-state index contributed by atoms with van der Waals surface area (Å²) < 4.78 is 7.10. The lowest BCUT2D eigenvalue weighted by atomic mass is 9.84. The van der Waals surface area contributed by atoms with Gasteiger partial charge in [-0.2, -0.15) is 0 Å². The molecule has 2 bridgehead atoms. The third-order valence-electron chi connectivity index (χ3n) is 5.75. The lowest BCUT2D eigenvalue weighted by molar-refractivity contribution is 0.0554. The van der Waals surface area contributed by atoms with Crippen LogP contribution < -0.4 is 5.32 Å². The minimum Gasteiger partial charge on any atom is -0.436 e. The topological polar surface area (TPSA) is 58.4 Å². The van der Waals surface area contributed by atoms with E-state index in [2.05, 4.69) is 53.7 Å². The lowest BCUT2D eigenvalue weighted by Crippen LogP contribution is -2.61. The Morgan fingerprint density at radius 3 is 2.68 bits per heavy atom. The maximum Gasteiger partial charge on any atom is 0.253 e. The van der Waals surface area contributed by atoms with Crippen molar-refractivity contribution in [1.29, 1.82) is 0 Å². The second-order valence-corrected chi connectivity index (χ2v) is 9.62. The number of fused-ring (bicyclic) bond motifs is 4. The molecule has 3 aliphatic rings. The molecule has 0 aliphatic carbocycles. The summed E-state index contributed by atoms with van der Waals surface area (Å²) in [6.45, 7) is 2.27. The lowest BCUT2D eigenvalue weighted by Gasteiger charge is -2.48. The first-order valence-corrected chi connectivity index (χ1v) is 11.5. The highest BCUT2D eigenvalue weighted by Gasteiger charge is 2.41. The third-order valence-corrected chi connectivity index (χ3v) is 7.77. The van der Waals surface area contributed by atoms with Gasteiger partial charge in [0.1, 0.15) is 5.52 Å². The average Bonchev–Trinajstić information content (AvgIpc) is 3.15. The smallest absolute Gasteiger partial charge is 0.253 e. The van der Waals surface area contributed by atoms with Crippen molar-refractivity contribution in [2.75, 3.05) is 13.1 Å². The summed E-state index contributed by atoms with van der Waals surface area (Å²) in [5.74, 6) is 0.993. The van der Waals surface area contributed by atoms with Crippen molar-refractivity contribution in [2.24, 2.45) is 5.92 Å². The van der Waals surface area contributed by atoms with E-state index in [4.69, 9.17) is 4.42 Å². The second-order valence-electron chi connectivity index (χ2n) is 7.43. The number of halogens is 2. The molecule has 6 rings (SSSR count). The van der Waals surface area contributed by atoms with Gasteiger partial charge in [-0.3, -0.25) is 9.69 Å². The molecule has 3 saturated heterocycles. The van der Waals surface area contributed by atoms with E-state index in [1.165, 1.54) is 0 Å². The van der Waals surface area contributed by atoms with Crippen LogP contribution in [-0.4, -0.2) is 39.0 Å². The zero-order valence-corrected chi connectivity index (χ0v) is 18.8. The molecule has 7 heteroatoms. The fourth-order valence-electron chi connectivity index (χ4n) is 4.27. The van der Waals surface area contributed by atoms with Gasteiger partial charge in [0.05, 0.1) is 15.7 Å². The van der Waals surface area contributed by atoms with Crippen LogP contribution in [0.5, 0.6) is 0 Å². The number of carbonyl (C=O) groups is 1. The first-order valence-electron chi connectivity index (χ1n) is 9.44. The summed E-state index contributed by atoms with van der Waals surface area (Å²) in [5.41, 5.74) is 2.66. The van der Waals surface area contributed by atoms with Crippen LogP contribution in [0.15, 0.2) is 51.4 Å². The minimum absolute atomic E-state index is 0.0837. The summed E-state index contributed by atoms with van der Waals surface area (Å²) >= 11 is 5.98. The van der Waals surface area contributed by atoms with Gasteiger partial charge >= 0.3 is 0 Å². The molecule has 3 aromatic rings. The Kier molecular flexibility index (Phi) is 4.92. The van der Waals surface area contributed by atoms with Crippen molar-refractivity contribution in [1.82, 2.24) is 15.2 Å². The number of nitrogens with one attached hydrogen (secondary N) is 1. The molecule has 3 aliphatic heterocycles. The number of aromatic nitrogens is 1. The normalized spacial score (nSPS) is 26.5. The predicted octanol–water partition coefficient (Wildman–Crippen LogP) is 4.84. The molecule has 5 nitrogen and oxygen atoms in total. The zero-order chi connectivity index (χ0) is 19.3. The molecular formula is C21H19BrIN3O2. The van der Waals surface area contributed by atoms with Gasteiger partial charge < -0.3 is 9.73 Å². The van der Waals surface area contributed by atoms with E-state index in [1.807, 2.05) is 42.5 Å². The zero-order valence-electron chi connectivity index (χ0n) is 15.1. The molecule has 0 saturated carbocycles. The molecule has 2 aromatic carbocycles. The maximum absolute atomic E-state index is 13.2. The van der Waals surface area contributed by atoms with Crippen molar-refractivity contribution < 1.29 is 9.21 Å². The van der Waals surface area contributed by atoms with Gasteiger partial charge in [-0.15, -0.1) is 0 Å². The van der Waals surface area contributed by atoms with Crippen molar-refractivity contribution in [3.8, 4) is 11.5 Å². The molecule has 1 N–H and O–H groups in total. The number of nitrogens with zero attached hydrogens (tertiary/aromatic N) is 2. The Morgan fingerprint density at radius 1 is 1.21 bits per heavy atom. The average molecular weight is 552 g/mol. The van der Waals surface area contributed by atoms with Gasteiger partial charge in [-0.25, -0.2) is 4.98 Å². The molecule has 0 spiro atoms. The highest BCUT2D eigenvalue weighted by atomic mass is 127. The highest BCUT2D eigenvalue weighted by Crippen LogP contribution is 2.36. The van der Waals surface area contributed by atoms with E-state index in [9.17, 15) is 4.79 Å². The quantitative estimate of drug-likeness (QED) is 0.287. The number of hydrogen-bond acceptors (Lipinski definition) is 4. The summed E-state index contributed by atoms with van der Waals surface area (Å²) in [4.78, 5) is 20.3. The number of hydrogen-bond donors (Lipinski definition) is 1. The van der Waals surface area contributed by atoms with E-state index in [0.717, 1.165) is 36.0 Å². The Labute approximate surface area is 185 Å². The number of alkyl halides is 1. The number of rotatable bonds is 3. The highest BCUT2D eigenvalue weighted by molar-refractivity contribution is 14.1. The first kappa shape index (κ1) is 18.6. The molecule has 1 amide bonds. The van der Waals surface area contributed by atoms with Crippen LogP contribution in [-0.2, 0) is 0 Å². The number of amides is 1. The van der Waals surface area contributed by atoms with Gasteiger partial charge in [-0.1, -0.05) is 56.7 Å². The fraction of sp³-hybridized carbons (Fsp3) is 0.333. The SMILES string of the molecule is O=C(NC1C2CCN(CC2)C1I)c1cc(Br)cc2oc(-c3ccccc3)nc12. The molecule has 1 aromatic heterocycles. The summed E-state index contributed by atoms with van der Waals surface area (Å²) in [7, 11) is 0. The van der Waals surface area contributed by atoms with Crippen molar-refractivity contribution in [3.05, 3.63) is 52.5 Å². The van der Waals surface area contributed by atoms with Crippen LogP contribution in [0.3, 0.4) is 0 Å². The van der Waals surface area contributed by atoms with Crippen molar-refractivity contribution in [2.45, 2.75) is 22.9 Å². The Hall–Kier alpha value is -1.45. The molecule has 144 valence electrons. The van der Waals surface area contributed by atoms with Crippen molar-refractivity contribution in [3.63, 3.8) is 0 Å². The Bertz CT molecular complexity index is 1030. The van der Waals surface area contributed by atoms with Crippen LogP contribution >= 0.6 is 38.5 Å². The molecule has 3 fully saturated rings. The van der Waals surface area contributed by atoms with Crippen LogP contribution in [0.2, 0.25) is 0 Å². The number of piperidine rings is 3. The molecule has 2 atom stereocenters. The van der Waals surface area contributed by atoms with Crippen LogP contribution in [0.1, 0.15) is 23.2 Å². The van der Waals surface area contributed by atoms with Crippen molar-refractivity contribution >= 4 is 55.5 Å². The standard InChI is InChI=1S/C21H19BrIN3O2/c22-14-10-15(20(27)24-17-12-6-8-26(9-7-12)19(17)23)18-16(11-14)28-21(25-18)13-4-2-1-3-5-13/h1-5,10-12,17,19H,6-9H2,(H,24,27). The molecule has 4 heterocycles. The molecule has 0 radical (unpaired) electrons.